The minimum atomic E-state index is -4.49. The summed E-state index contributed by atoms with van der Waals surface area (Å²) in [6.07, 6.45) is -1.23. The molecule has 0 bridgehead atoms. The molecule has 1 N–H and O–H groups in total. The van der Waals surface area contributed by atoms with Gasteiger partial charge in [-0.3, -0.25) is 0 Å². The van der Waals surface area contributed by atoms with Gasteiger partial charge < -0.3 is 4.90 Å². The summed E-state index contributed by atoms with van der Waals surface area (Å²) in [6, 6.07) is 2.99. The summed E-state index contributed by atoms with van der Waals surface area (Å²) in [5, 5.41) is 0. The standard InChI is InChI=1S/C21H33F3N2O2S2/c1-4-26(5-2)12-13-29-15-16-6-8-17(9-7-16)19-14-18(21(22,23)24)10-11-20(19)30(27,28)25-3/h10-11,14,16-17,25H,4-9,12-13,15H2,1-3H3. The highest BCUT2D eigenvalue weighted by molar-refractivity contribution is 7.99. The van der Waals surface area contributed by atoms with E-state index in [1.807, 2.05) is 11.8 Å². The van der Waals surface area contributed by atoms with Crippen LogP contribution in [-0.4, -0.2) is 51.5 Å². The van der Waals surface area contributed by atoms with Crippen LogP contribution in [0.25, 0.3) is 0 Å². The van der Waals surface area contributed by atoms with Gasteiger partial charge in [0.2, 0.25) is 10.0 Å². The van der Waals surface area contributed by atoms with Gasteiger partial charge in [0.15, 0.2) is 0 Å². The molecule has 0 amide bonds. The highest BCUT2D eigenvalue weighted by Crippen LogP contribution is 2.41. The van der Waals surface area contributed by atoms with Crippen molar-refractivity contribution in [2.45, 2.75) is 56.5 Å². The van der Waals surface area contributed by atoms with Gasteiger partial charge in [0.1, 0.15) is 0 Å². The minimum Gasteiger partial charge on any atom is -0.303 e. The Labute approximate surface area is 183 Å². The second-order valence-corrected chi connectivity index (χ2v) is 10.8. The first-order valence-corrected chi connectivity index (χ1v) is 13.2. The molecule has 0 atom stereocenters. The molecule has 1 aliphatic rings. The number of halogens is 3. The van der Waals surface area contributed by atoms with E-state index in [2.05, 4.69) is 23.5 Å². The van der Waals surface area contributed by atoms with Gasteiger partial charge in [-0.2, -0.15) is 24.9 Å². The quantitative estimate of drug-likeness (QED) is 0.495. The van der Waals surface area contributed by atoms with Crippen LogP contribution in [0.3, 0.4) is 0 Å². The first-order chi connectivity index (χ1) is 14.1. The fourth-order valence-corrected chi connectivity index (χ4v) is 6.25. The third-order valence-corrected chi connectivity index (χ3v) is 8.65. The van der Waals surface area contributed by atoms with Crippen LogP contribution in [0, 0.1) is 5.92 Å². The number of hydrogen-bond donors (Lipinski definition) is 1. The number of alkyl halides is 3. The summed E-state index contributed by atoms with van der Waals surface area (Å²) in [4.78, 5) is 2.36. The minimum absolute atomic E-state index is 0.0324. The third-order valence-electron chi connectivity index (χ3n) is 5.98. The van der Waals surface area contributed by atoms with Crippen LogP contribution in [0.5, 0.6) is 0 Å². The zero-order valence-electron chi connectivity index (χ0n) is 18.0. The van der Waals surface area contributed by atoms with Crippen LogP contribution in [0.2, 0.25) is 0 Å². The zero-order valence-corrected chi connectivity index (χ0v) is 19.6. The summed E-state index contributed by atoms with van der Waals surface area (Å²) < 4.78 is 66.6. The molecule has 4 nitrogen and oxygen atoms in total. The summed E-state index contributed by atoms with van der Waals surface area (Å²) >= 11 is 1.94. The first kappa shape index (κ1) is 25.5. The van der Waals surface area contributed by atoms with Gasteiger partial charge in [-0.05, 0) is 87.2 Å². The molecule has 0 radical (unpaired) electrons. The smallest absolute Gasteiger partial charge is 0.303 e. The Hall–Kier alpha value is -0.770. The summed E-state index contributed by atoms with van der Waals surface area (Å²) in [6.45, 7) is 7.49. The van der Waals surface area contributed by atoms with Crippen molar-refractivity contribution in [1.82, 2.24) is 9.62 Å². The lowest BCUT2D eigenvalue weighted by Crippen LogP contribution is -2.26. The Morgan fingerprint density at radius 1 is 1.13 bits per heavy atom. The van der Waals surface area contributed by atoms with Crippen molar-refractivity contribution in [3.05, 3.63) is 29.3 Å². The monoisotopic (exact) mass is 466 g/mol. The Morgan fingerprint density at radius 2 is 1.77 bits per heavy atom. The molecule has 1 aromatic carbocycles. The molecule has 30 heavy (non-hydrogen) atoms. The van der Waals surface area contributed by atoms with Gasteiger partial charge in [0.05, 0.1) is 10.5 Å². The number of hydrogen-bond acceptors (Lipinski definition) is 4. The Morgan fingerprint density at radius 3 is 2.30 bits per heavy atom. The molecular formula is C21H33F3N2O2S2. The molecule has 0 spiro atoms. The van der Waals surface area contributed by atoms with Gasteiger partial charge in [0.25, 0.3) is 0 Å². The summed E-state index contributed by atoms with van der Waals surface area (Å²) in [5.41, 5.74) is -0.492. The van der Waals surface area contributed by atoms with E-state index in [0.29, 0.717) is 11.5 Å². The van der Waals surface area contributed by atoms with Crippen molar-refractivity contribution in [3.63, 3.8) is 0 Å². The highest BCUT2D eigenvalue weighted by Gasteiger charge is 2.34. The van der Waals surface area contributed by atoms with Crippen molar-refractivity contribution in [2.24, 2.45) is 5.92 Å². The SMILES string of the molecule is CCN(CC)CCSCC1CCC(c2cc(C(F)(F)F)ccc2S(=O)(=O)NC)CC1. The maximum absolute atomic E-state index is 13.2. The van der Waals surface area contributed by atoms with Crippen LogP contribution in [0.1, 0.15) is 56.6 Å². The van der Waals surface area contributed by atoms with Gasteiger partial charge >= 0.3 is 6.18 Å². The van der Waals surface area contributed by atoms with E-state index in [-0.39, 0.29) is 10.8 Å². The molecule has 1 aromatic rings. The van der Waals surface area contributed by atoms with Gasteiger partial charge in [-0.25, -0.2) is 13.1 Å². The molecule has 0 heterocycles. The molecule has 0 saturated heterocycles. The molecule has 172 valence electrons. The number of thioether (sulfide) groups is 1. The Bertz CT molecular complexity index is 773. The lowest BCUT2D eigenvalue weighted by molar-refractivity contribution is -0.137. The average Bonchev–Trinajstić information content (AvgIpc) is 2.73. The van der Waals surface area contributed by atoms with Crippen LogP contribution in [0.4, 0.5) is 13.2 Å². The largest absolute Gasteiger partial charge is 0.416 e. The molecule has 1 aliphatic carbocycles. The molecule has 1 fully saturated rings. The summed E-state index contributed by atoms with van der Waals surface area (Å²) in [7, 11) is -2.53. The lowest BCUT2D eigenvalue weighted by atomic mass is 9.79. The van der Waals surface area contributed by atoms with E-state index >= 15 is 0 Å². The van der Waals surface area contributed by atoms with Gasteiger partial charge in [-0.1, -0.05) is 13.8 Å². The molecule has 2 rings (SSSR count). The van der Waals surface area contributed by atoms with Crippen molar-refractivity contribution < 1.29 is 21.6 Å². The van der Waals surface area contributed by atoms with E-state index in [9.17, 15) is 21.6 Å². The number of nitrogens with one attached hydrogen (secondary N) is 1. The lowest BCUT2D eigenvalue weighted by Gasteiger charge is -2.30. The zero-order chi connectivity index (χ0) is 22.4. The Balaban J connectivity index is 2.03. The predicted octanol–water partition coefficient (Wildman–Crippen LogP) is 4.96. The fourth-order valence-electron chi connectivity index (χ4n) is 4.02. The molecular weight excluding hydrogens is 433 g/mol. The Kier molecular flexibility index (Phi) is 9.52. The molecule has 0 aromatic heterocycles. The van der Waals surface area contributed by atoms with Gasteiger partial charge in [0, 0.05) is 12.3 Å². The van der Waals surface area contributed by atoms with Crippen LogP contribution < -0.4 is 4.72 Å². The normalized spacial score (nSPS) is 20.6. The van der Waals surface area contributed by atoms with E-state index in [4.69, 9.17) is 0 Å². The van der Waals surface area contributed by atoms with Crippen molar-refractivity contribution >= 4 is 21.8 Å². The fraction of sp³-hybridized carbons (Fsp3) is 0.714. The highest BCUT2D eigenvalue weighted by atomic mass is 32.2. The number of benzene rings is 1. The van der Waals surface area contributed by atoms with Crippen LogP contribution >= 0.6 is 11.8 Å². The first-order valence-electron chi connectivity index (χ1n) is 10.6. The van der Waals surface area contributed by atoms with Crippen molar-refractivity contribution in [3.8, 4) is 0 Å². The second kappa shape index (κ2) is 11.2. The molecule has 0 unspecified atom stereocenters. The van der Waals surface area contributed by atoms with E-state index in [0.717, 1.165) is 75.0 Å². The van der Waals surface area contributed by atoms with E-state index < -0.39 is 21.8 Å². The maximum atomic E-state index is 13.2. The third kappa shape index (κ3) is 6.87. The number of nitrogens with zero attached hydrogens (tertiary/aromatic N) is 1. The summed E-state index contributed by atoms with van der Waals surface area (Å²) in [5.74, 6) is 2.51. The average molecular weight is 467 g/mol. The van der Waals surface area contributed by atoms with E-state index in [1.165, 1.54) is 7.05 Å². The number of rotatable bonds is 10. The van der Waals surface area contributed by atoms with Crippen LogP contribution in [-0.2, 0) is 16.2 Å². The number of sulfonamides is 1. The van der Waals surface area contributed by atoms with Crippen molar-refractivity contribution in [1.29, 1.82) is 0 Å². The molecule has 1 saturated carbocycles. The molecule has 0 aliphatic heterocycles. The van der Waals surface area contributed by atoms with E-state index in [1.54, 1.807) is 0 Å². The predicted molar refractivity (Wildman–Crippen MR) is 118 cm³/mol. The van der Waals surface area contributed by atoms with Crippen LogP contribution in [0.15, 0.2) is 23.1 Å². The van der Waals surface area contributed by atoms with Crippen molar-refractivity contribution in [2.75, 3.05) is 38.2 Å². The molecule has 9 heteroatoms. The second-order valence-electron chi connectivity index (χ2n) is 7.78. The topological polar surface area (TPSA) is 49.4 Å². The maximum Gasteiger partial charge on any atom is 0.416 e. The van der Waals surface area contributed by atoms with Gasteiger partial charge in [-0.15, -0.1) is 0 Å².